The van der Waals surface area contributed by atoms with E-state index < -0.39 is 22.2 Å². The largest absolute Gasteiger partial charge is 0.444 e. The number of benzene rings is 1. The zero-order valence-corrected chi connectivity index (χ0v) is 13.4. The van der Waals surface area contributed by atoms with Crippen molar-refractivity contribution in [3.8, 4) is 0 Å². The van der Waals surface area contributed by atoms with Gasteiger partial charge in [0, 0.05) is 11.1 Å². The number of amides is 1. The van der Waals surface area contributed by atoms with Gasteiger partial charge in [-0.2, -0.15) is 0 Å². The van der Waals surface area contributed by atoms with Crippen LogP contribution in [0.1, 0.15) is 33.3 Å². The third kappa shape index (κ3) is 4.42. The summed E-state index contributed by atoms with van der Waals surface area (Å²) in [5.74, 6) is 0. The number of hydrogen-bond donors (Lipinski definition) is 1. The predicted octanol–water partition coefficient (Wildman–Crippen LogP) is 3.19. The molecule has 1 rings (SSSR count). The molecule has 22 heavy (non-hydrogen) atoms. The lowest BCUT2D eigenvalue weighted by molar-refractivity contribution is -0.386. The van der Waals surface area contributed by atoms with E-state index in [1.165, 1.54) is 25.1 Å². The van der Waals surface area contributed by atoms with Gasteiger partial charge in [0.25, 0.3) is 5.69 Å². The molecule has 7 nitrogen and oxygen atoms in total. The van der Waals surface area contributed by atoms with E-state index in [-0.39, 0.29) is 16.3 Å². The molecule has 1 aromatic carbocycles. The first-order valence-corrected chi connectivity index (χ1v) is 6.78. The van der Waals surface area contributed by atoms with E-state index in [9.17, 15) is 19.7 Å². The Kier molecular flexibility index (Phi) is 5.13. The number of carbonyl (C=O) groups is 2. The molecule has 1 amide bonds. The van der Waals surface area contributed by atoms with Crippen molar-refractivity contribution in [1.82, 2.24) is 5.32 Å². The number of nitro benzene ring substituents is 1. The van der Waals surface area contributed by atoms with Crippen molar-refractivity contribution in [2.45, 2.75) is 38.8 Å². The van der Waals surface area contributed by atoms with Gasteiger partial charge < -0.3 is 14.8 Å². The Morgan fingerprint density at radius 3 is 2.41 bits per heavy atom. The normalized spacial score (nSPS) is 13.9. The molecule has 0 saturated carbocycles. The fraction of sp³-hybridized carbons (Fsp3) is 0.429. The Hall–Kier alpha value is -2.15. The van der Waals surface area contributed by atoms with Crippen molar-refractivity contribution in [2.75, 3.05) is 0 Å². The zero-order chi connectivity index (χ0) is 17.1. The van der Waals surface area contributed by atoms with E-state index in [1.807, 2.05) is 0 Å². The number of nitrogens with one attached hydrogen (secondary N) is 1. The fourth-order valence-electron chi connectivity index (χ4n) is 1.76. The van der Waals surface area contributed by atoms with Gasteiger partial charge in [-0.25, -0.2) is 4.79 Å². The third-order valence-corrected chi connectivity index (χ3v) is 2.95. The summed E-state index contributed by atoms with van der Waals surface area (Å²) in [6.45, 7) is 6.31. The van der Waals surface area contributed by atoms with E-state index in [0.717, 1.165) is 0 Å². The lowest BCUT2D eigenvalue weighted by atomic mass is 9.92. The summed E-state index contributed by atoms with van der Waals surface area (Å²) >= 11 is 5.85. The molecule has 0 fully saturated rings. The zero-order valence-electron chi connectivity index (χ0n) is 12.7. The van der Waals surface area contributed by atoms with Crippen LogP contribution in [0, 0.1) is 10.1 Å². The molecule has 1 atom stereocenters. The molecule has 1 unspecified atom stereocenters. The quantitative estimate of drug-likeness (QED) is 0.520. The van der Waals surface area contributed by atoms with Crippen LogP contribution in [0.15, 0.2) is 18.2 Å². The van der Waals surface area contributed by atoms with Crippen molar-refractivity contribution in [1.29, 1.82) is 0 Å². The second-order valence-electron chi connectivity index (χ2n) is 5.87. The predicted molar refractivity (Wildman–Crippen MR) is 80.9 cm³/mol. The molecule has 0 aliphatic rings. The lowest BCUT2D eigenvalue weighted by Crippen LogP contribution is -2.47. The van der Waals surface area contributed by atoms with Gasteiger partial charge in [0.1, 0.15) is 17.4 Å². The van der Waals surface area contributed by atoms with Gasteiger partial charge in [-0.1, -0.05) is 11.6 Å². The van der Waals surface area contributed by atoms with E-state index in [2.05, 4.69) is 5.32 Å². The van der Waals surface area contributed by atoms with E-state index in [0.29, 0.717) is 6.29 Å². The minimum Gasteiger partial charge on any atom is -0.444 e. The molecule has 0 saturated heterocycles. The second-order valence-corrected chi connectivity index (χ2v) is 6.30. The molecule has 1 aromatic rings. The highest BCUT2D eigenvalue weighted by atomic mass is 35.5. The van der Waals surface area contributed by atoms with Gasteiger partial charge >= 0.3 is 6.09 Å². The average molecular weight is 329 g/mol. The highest BCUT2D eigenvalue weighted by Crippen LogP contribution is 2.31. The smallest absolute Gasteiger partial charge is 0.408 e. The highest BCUT2D eigenvalue weighted by molar-refractivity contribution is 6.30. The number of halogens is 1. The van der Waals surface area contributed by atoms with Crippen molar-refractivity contribution in [3.63, 3.8) is 0 Å². The molecule has 0 radical (unpaired) electrons. The Bertz CT molecular complexity index is 612. The number of alkyl carbamates (subject to hydrolysis) is 1. The first-order valence-electron chi connectivity index (χ1n) is 6.40. The summed E-state index contributed by atoms with van der Waals surface area (Å²) in [4.78, 5) is 33.8. The average Bonchev–Trinajstić information content (AvgIpc) is 2.35. The van der Waals surface area contributed by atoms with Crippen LogP contribution in [0.5, 0.6) is 0 Å². The standard InChI is InChI=1S/C14H17ClN2O5/c1-13(2,3)22-12(19)16-14(4,8-18)10-7-9(15)5-6-11(10)17(20)21/h5-8H,1-4H3,(H,16,19). The first kappa shape index (κ1) is 17.9. The molecular formula is C14H17ClN2O5. The van der Waals surface area contributed by atoms with Gasteiger partial charge in [0.05, 0.1) is 10.5 Å². The van der Waals surface area contributed by atoms with Gasteiger partial charge in [-0.05, 0) is 39.8 Å². The van der Waals surface area contributed by atoms with E-state index in [4.69, 9.17) is 16.3 Å². The summed E-state index contributed by atoms with van der Waals surface area (Å²) < 4.78 is 5.08. The van der Waals surface area contributed by atoms with Crippen molar-refractivity contribution in [2.24, 2.45) is 0 Å². The summed E-state index contributed by atoms with van der Waals surface area (Å²) in [6, 6.07) is 3.78. The van der Waals surface area contributed by atoms with Crippen molar-refractivity contribution in [3.05, 3.63) is 38.9 Å². The van der Waals surface area contributed by atoms with Gasteiger partial charge in [0.15, 0.2) is 0 Å². The molecular weight excluding hydrogens is 312 g/mol. The number of ether oxygens (including phenoxy) is 1. The minimum atomic E-state index is -1.64. The first-order chi connectivity index (χ1) is 9.98. The second kappa shape index (κ2) is 6.31. The van der Waals surface area contributed by atoms with Crippen molar-refractivity contribution < 1.29 is 19.2 Å². The molecule has 1 N–H and O–H groups in total. The monoisotopic (exact) mass is 328 g/mol. The molecule has 0 bridgehead atoms. The maximum Gasteiger partial charge on any atom is 0.408 e. The number of nitrogens with zero attached hydrogens (tertiary/aromatic N) is 1. The number of rotatable bonds is 4. The van der Waals surface area contributed by atoms with Gasteiger partial charge in [0.2, 0.25) is 0 Å². The summed E-state index contributed by atoms with van der Waals surface area (Å²) in [5.41, 5.74) is -2.76. The topological polar surface area (TPSA) is 98.5 Å². The number of aldehydes is 1. The molecule has 8 heteroatoms. The Morgan fingerprint density at radius 2 is 1.95 bits per heavy atom. The van der Waals surface area contributed by atoms with E-state index >= 15 is 0 Å². The Labute approximate surface area is 132 Å². The van der Waals surface area contributed by atoms with Crippen LogP contribution in [-0.2, 0) is 15.1 Å². The molecule has 0 aliphatic heterocycles. The van der Waals surface area contributed by atoms with Crippen LogP contribution in [0.25, 0.3) is 0 Å². The minimum absolute atomic E-state index is 0.0224. The number of nitro groups is 1. The Morgan fingerprint density at radius 1 is 1.36 bits per heavy atom. The fourth-order valence-corrected chi connectivity index (χ4v) is 1.93. The van der Waals surface area contributed by atoms with Gasteiger partial charge in [-0.15, -0.1) is 0 Å². The van der Waals surface area contributed by atoms with Crippen LogP contribution >= 0.6 is 11.6 Å². The van der Waals surface area contributed by atoms with Crippen LogP contribution in [0.3, 0.4) is 0 Å². The van der Waals surface area contributed by atoms with Crippen molar-refractivity contribution >= 4 is 29.7 Å². The van der Waals surface area contributed by atoms with Crippen LogP contribution in [0.2, 0.25) is 5.02 Å². The third-order valence-electron chi connectivity index (χ3n) is 2.71. The summed E-state index contributed by atoms with van der Waals surface area (Å²) in [6.07, 6.45) is -0.466. The van der Waals surface area contributed by atoms with E-state index in [1.54, 1.807) is 20.8 Å². The SMILES string of the molecule is CC(C)(C)OC(=O)NC(C)(C=O)c1cc(Cl)ccc1[N+](=O)[O-]. The number of carbonyl (C=O) groups excluding carboxylic acids is 2. The lowest BCUT2D eigenvalue weighted by Gasteiger charge is -2.27. The Balaban J connectivity index is 3.24. The molecule has 0 spiro atoms. The molecule has 0 aliphatic carbocycles. The maximum absolute atomic E-state index is 11.9. The van der Waals surface area contributed by atoms with Crippen LogP contribution < -0.4 is 5.32 Å². The number of hydrogen-bond acceptors (Lipinski definition) is 5. The molecule has 120 valence electrons. The molecule has 0 aromatic heterocycles. The summed E-state index contributed by atoms with van der Waals surface area (Å²) in [5, 5.41) is 13.7. The van der Waals surface area contributed by atoms with Gasteiger partial charge in [-0.3, -0.25) is 10.1 Å². The summed E-state index contributed by atoms with van der Waals surface area (Å²) in [7, 11) is 0. The van der Waals surface area contributed by atoms with Crippen LogP contribution in [0.4, 0.5) is 10.5 Å². The van der Waals surface area contributed by atoms with Crippen LogP contribution in [-0.4, -0.2) is 22.9 Å². The highest BCUT2D eigenvalue weighted by Gasteiger charge is 2.36. The maximum atomic E-state index is 11.9. The molecule has 0 heterocycles.